The molecule has 0 bridgehead atoms. The molecule has 0 amide bonds. The molecule has 0 aliphatic rings. The van der Waals surface area contributed by atoms with Crippen LogP contribution in [0.4, 0.5) is 0 Å². The Morgan fingerprint density at radius 2 is 2.28 bits per heavy atom. The second kappa shape index (κ2) is 9.76. The zero-order valence-corrected chi connectivity index (χ0v) is 13.7. The van der Waals surface area contributed by atoms with E-state index >= 15 is 0 Å². The maximum absolute atomic E-state index is 3.77. The van der Waals surface area contributed by atoms with Crippen molar-refractivity contribution in [3.05, 3.63) is 33.5 Å². The van der Waals surface area contributed by atoms with Gasteiger partial charge in [-0.05, 0) is 59.6 Å². The highest BCUT2D eigenvalue weighted by Crippen LogP contribution is 2.32. The largest absolute Gasteiger partial charge is 0.309 e. The molecule has 0 aliphatic heterocycles. The summed E-state index contributed by atoms with van der Waals surface area (Å²) in [6.45, 7) is 7.09. The topological polar surface area (TPSA) is 12.0 Å². The molecule has 1 nitrogen and oxygen atoms in total. The molecular weight excluding hydrogens is 306 g/mol. The summed E-state index contributed by atoms with van der Waals surface area (Å²) in [4.78, 5) is 1.45. The fourth-order valence-corrected chi connectivity index (χ4v) is 3.77. The van der Waals surface area contributed by atoms with Gasteiger partial charge in [0.2, 0.25) is 0 Å². The Morgan fingerprint density at radius 1 is 1.44 bits per heavy atom. The lowest BCUT2D eigenvalue weighted by Gasteiger charge is -2.17. The molecule has 0 saturated heterocycles. The molecule has 0 saturated carbocycles. The van der Waals surface area contributed by atoms with Crippen LogP contribution in [-0.2, 0) is 0 Å². The average molecular weight is 330 g/mol. The van der Waals surface area contributed by atoms with E-state index < -0.39 is 0 Å². The molecule has 0 radical (unpaired) electrons. The van der Waals surface area contributed by atoms with Gasteiger partial charge in [-0.3, -0.25) is 0 Å². The first kappa shape index (κ1) is 15.9. The molecule has 3 heteroatoms. The van der Waals surface area contributed by atoms with Gasteiger partial charge in [-0.15, -0.1) is 17.9 Å². The highest BCUT2D eigenvalue weighted by Gasteiger charge is 2.14. The number of nitrogens with one attached hydrogen (secondary N) is 1. The normalized spacial score (nSPS) is 12.6. The first-order valence-electron chi connectivity index (χ1n) is 6.86. The van der Waals surface area contributed by atoms with Crippen molar-refractivity contribution in [3.8, 4) is 0 Å². The summed E-state index contributed by atoms with van der Waals surface area (Å²) in [5, 5.41) is 5.83. The monoisotopic (exact) mass is 329 g/mol. The van der Waals surface area contributed by atoms with E-state index in [1.807, 2.05) is 17.4 Å². The summed E-state index contributed by atoms with van der Waals surface area (Å²) in [5.74, 6) is 0. The molecule has 1 unspecified atom stereocenters. The van der Waals surface area contributed by atoms with Gasteiger partial charge in [0.15, 0.2) is 0 Å². The van der Waals surface area contributed by atoms with Crippen molar-refractivity contribution in [2.45, 2.75) is 51.5 Å². The number of unbranched alkanes of at least 4 members (excludes halogenated alkanes) is 3. The van der Waals surface area contributed by atoms with Crippen molar-refractivity contribution in [1.29, 1.82) is 0 Å². The van der Waals surface area contributed by atoms with Gasteiger partial charge in [-0.1, -0.05) is 25.8 Å². The molecule has 0 aliphatic carbocycles. The molecule has 1 atom stereocenters. The number of halogens is 1. The lowest BCUT2D eigenvalue weighted by atomic mass is 10.1. The van der Waals surface area contributed by atoms with Gasteiger partial charge in [-0.2, -0.15) is 0 Å². The van der Waals surface area contributed by atoms with Gasteiger partial charge < -0.3 is 5.32 Å². The van der Waals surface area contributed by atoms with Crippen LogP contribution in [0.15, 0.2) is 28.6 Å². The van der Waals surface area contributed by atoms with Gasteiger partial charge in [0.1, 0.15) is 0 Å². The molecule has 0 aromatic carbocycles. The molecule has 18 heavy (non-hydrogen) atoms. The fourth-order valence-electron chi connectivity index (χ4n) is 2.01. The van der Waals surface area contributed by atoms with Crippen molar-refractivity contribution in [3.63, 3.8) is 0 Å². The Balaban J connectivity index is 2.41. The Kier molecular flexibility index (Phi) is 8.64. The summed E-state index contributed by atoms with van der Waals surface area (Å²) in [7, 11) is 0. The van der Waals surface area contributed by atoms with E-state index in [-0.39, 0.29) is 0 Å². The Hall–Kier alpha value is -0.120. The number of hydrogen-bond donors (Lipinski definition) is 1. The molecule has 1 heterocycles. The molecule has 102 valence electrons. The van der Waals surface area contributed by atoms with E-state index in [1.54, 1.807) is 0 Å². The number of allylic oxidation sites excluding steroid dienone is 1. The predicted molar refractivity (Wildman–Crippen MR) is 86.3 cm³/mol. The molecule has 1 rings (SSSR count). The summed E-state index contributed by atoms with van der Waals surface area (Å²) in [6, 6.07) is 2.67. The van der Waals surface area contributed by atoms with Crippen molar-refractivity contribution < 1.29 is 0 Å². The van der Waals surface area contributed by atoms with Gasteiger partial charge in [0, 0.05) is 15.4 Å². The second-order valence-electron chi connectivity index (χ2n) is 4.57. The van der Waals surface area contributed by atoms with Crippen LogP contribution in [0.3, 0.4) is 0 Å². The lowest BCUT2D eigenvalue weighted by Crippen LogP contribution is -2.21. The van der Waals surface area contributed by atoms with Crippen LogP contribution >= 0.6 is 27.3 Å². The quantitative estimate of drug-likeness (QED) is 0.429. The highest BCUT2D eigenvalue weighted by molar-refractivity contribution is 9.10. The zero-order chi connectivity index (χ0) is 13.2. The standard InChI is InChI=1S/C15H24BrNS/c1-3-5-6-7-8-9-14(17-11-4-2)15-13(16)10-12-18-15/h3,10,12,14,17H,1,4-9,11H2,2H3. The van der Waals surface area contributed by atoms with E-state index in [1.165, 1.54) is 41.5 Å². The van der Waals surface area contributed by atoms with Gasteiger partial charge in [0.25, 0.3) is 0 Å². The van der Waals surface area contributed by atoms with E-state index in [2.05, 4.69) is 46.2 Å². The molecular formula is C15H24BrNS. The summed E-state index contributed by atoms with van der Waals surface area (Å²) < 4.78 is 1.26. The van der Waals surface area contributed by atoms with Crippen LogP contribution in [-0.4, -0.2) is 6.54 Å². The lowest BCUT2D eigenvalue weighted by molar-refractivity contribution is 0.477. The van der Waals surface area contributed by atoms with Gasteiger partial charge in [-0.25, -0.2) is 0 Å². The third kappa shape index (κ3) is 5.68. The first-order valence-corrected chi connectivity index (χ1v) is 8.54. The SMILES string of the molecule is C=CCCCCCC(NCCC)c1sccc1Br. The molecule has 1 N–H and O–H groups in total. The van der Waals surface area contributed by atoms with Crippen molar-refractivity contribution in [2.75, 3.05) is 6.54 Å². The van der Waals surface area contributed by atoms with E-state index in [0.717, 1.165) is 13.0 Å². The second-order valence-corrected chi connectivity index (χ2v) is 6.37. The minimum Gasteiger partial charge on any atom is -0.309 e. The average Bonchev–Trinajstić information content (AvgIpc) is 2.79. The first-order chi connectivity index (χ1) is 8.79. The summed E-state index contributed by atoms with van der Waals surface area (Å²) >= 11 is 5.50. The smallest absolute Gasteiger partial charge is 0.0426 e. The molecule has 1 aromatic heterocycles. The maximum atomic E-state index is 3.77. The van der Waals surface area contributed by atoms with Crippen LogP contribution in [0.2, 0.25) is 0 Å². The van der Waals surface area contributed by atoms with Crippen LogP contribution in [0, 0.1) is 0 Å². The minimum absolute atomic E-state index is 0.517. The van der Waals surface area contributed by atoms with Crippen molar-refractivity contribution >= 4 is 27.3 Å². The van der Waals surface area contributed by atoms with E-state index in [0.29, 0.717) is 6.04 Å². The Labute approximate surface area is 124 Å². The van der Waals surface area contributed by atoms with Crippen LogP contribution in [0.5, 0.6) is 0 Å². The fraction of sp³-hybridized carbons (Fsp3) is 0.600. The predicted octanol–water partition coefficient (Wildman–Crippen LogP) is 5.69. The molecule has 0 fully saturated rings. The zero-order valence-electron chi connectivity index (χ0n) is 11.3. The molecule has 1 aromatic rings. The van der Waals surface area contributed by atoms with Crippen LogP contribution in [0.1, 0.15) is 56.4 Å². The number of rotatable bonds is 10. The maximum Gasteiger partial charge on any atom is 0.0426 e. The summed E-state index contributed by atoms with van der Waals surface area (Å²) in [5.41, 5.74) is 0. The summed E-state index contributed by atoms with van der Waals surface area (Å²) in [6.07, 6.45) is 9.46. The van der Waals surface area contributed by atoms with Gasteiger partial charge >= 0.3 is 0 Å². The van der Waals surface area contributed by atoms with Crippen LogP contribution < -0.4 is 5.32 Å². The van der Waals surface area contributed by atoms with E-state index in [9.17, 15) is 0 Å². The van der Waals surface area contributed by atoms with Gasteiger partial charge in [0.05, 0.1) is 0 Å². The molecule has 0 spiro atoms. The third-order valence-corrected chi connectivity index (χ3v) is 4.99. The highest BCUT2D eigenvalue weighted by atomic mass is 79.9. The Morgan fingerprint density at radius 3 is 2.89 bits per heavy atom. The third-order valence-electron chi connectivity index (χ3n) is 3.00. The van der Waals surface area contributed by atoms with Crippen molar-refractivity contribution in [2.24, 2.45) is 0 Å². The number of hydrogen-bond acceptors (Lipinski definition) is 2. The minimum atomic E-state index is 0.517. The van der Waals surface area contributed by atoms with Crippen molar-refractivity contribution in [1.82, 2.24) is 5.32 Å². The number of thiophene rings is 1. The van der Waals surface area contributed by atoms with E-state index in [4.69, 9.17) is 0 Å². The van der Waals surface area contributed by atoms with Crippen LogP contribution in [0.25, 0.3) is 0 Å². The Bertz CT molecular complexity index is 335.